The van der Waals surface area contributed by atoms with Gasteiger partial charge >= 0.3 is 11.9 Å². The monoisotopic (exact) mass is 470 g/mol. The van der Waals surface area contributed by atoms with Gasteiger partial charge in [0.2, 0.25) is 23.6 Å². The minimum atomic E-state index is -1.16. The van der Waals surface area contributed by atoms with Crippen LogP contribution in [0, 0.1) is 5.92 Å². The highest BCUT2D eigenvalue weighted by molar-refractivity contribution is 5.95. The lowest BCUT2D eigenvalue weighted by molar-refractivity contribution is -0.145. The van der Waals surface area contributed by atoms with E-state index in [4.69, 9.17) is 0 Å². The molecule has 0 aromatic heterocycles. The number of carboxylic acids is 1. The Labute approximate surface area is 192 Å². The topological polar surface area (TPSA) is 171 Å². The van der Waals surface area contributed by atoms with E-state index in [0.717, 1.165) is 0 Å². The van der Waals surface area contributed by atoms with Crippen LogP contribution < -0.4 is 16.0 Å². The van der Waals surface area contributed by atoms with Gasteiger partial charge in [0.1, 0.15) is 24.2 Å². The minimum absolute atomic E-state index is 0.122. The van der Waals surface area contributed by atoms with E-state index in [9.17, 15) is 33.9 Å². The molecule has 1 heterocycles. The molecule has 0 aliphatic carbocycles. The smallest absolute Gasteiger partial charge is 0.326 e. The van der Waals surface area contributed by atoms with Crippen LogP contribution in [0.5, 0.6) is 0 Å². The average molecular weight is 471 g/mol. The van der Waals surface area contributed by atoms with Crippen molar-refractivity contribution in [3.63, 3.8) is 0 Å². The van der Waals surface area contributed by atoms with Gasteiger partial charge in [0.15, 0.2) is 0 Å². The molecular weight excluding hydrogens is 436 g/mol. The van der Waals surface area contributed by atoms with Crippen molar-refractivity contribution in [2.45, 2.75) is 77.5 Å². The van der Waals surface area contributed by atoms with E-state index in [1.807, 2.05) is 0 Å². The number of methoxy groups -OCH3 is 1. The Morgan fingerprint density at radius 3 is 2.15 bits per heavy atom. The zero-order valence-corrected chi connectivity index (χ0v) is 19.7. The van der Waals surface area contributed by atoms with Gasteiger partial charge in [-0.05, 0) is 32.6 Å². The standard InChI is InChI=1S/C21H34N4O8/c1-11(2)17(21(31)32)24-19(29)14-7-6-10-25(14)20(30)13(4)23-18(28)12(3)22-15(26)8-9-16(27)33-5/h11-14,17H,6-10H2,1-5H3,(H,22,26)(H,23,28)(H,24,29)(H,31,32)/t12-,13-,14-,17-/m0/s1. The molecule has 0 aromatic carbocycles. The van der Waals surface area contributed by atoms with Gasteiger partial charge in [0, 0.05) is 13.0 Å². The first-order valence-electron chi connectivity index (χ1n) is 10.9. The number of carbonyl (C=O) groups excluding carboxylic acids is 5. The van der Waals surface area contributed by atoms with Crippen LogP contribution in [-0.4, -0.2) is 83.4 Å². The normalized spacial score (nSPS) is 18.1. The molecule has 1 saturated heterocycles. The highest BCUT2D eigenvalue weighted by atomic mass is 16.5. The third kappa shape index (κ3) is 8.35. The molecular formula is C21H34N4O8. The van der Waals surface area contributed by atoms with Crippen LogP contribution in [0.1, 0.15) is 53.4 Å². The van der Waals surface area contributed by atoms with Crippen molar-refractivity contribution in [1.82, 2.24) is 20.9 Å². The van der Waals surface area contributed by atoms with Crippen LogP contribution in [0.2, 0.25) is 0 Å². The first kappa shape index (κ1) is 27.9. The van der Waals surface area contributed by atoms with Gasteiger partial charge < -0.3 is 30.7 Å². The maximum absolute atomic E-state index is 12.9. The molecule has 1 aliphatic rings. The van der Waals surface area contributed by atoms with Crippen molar-refractivity contribution < 1.29 is 38.6 Å². The number of amides is 4. The van der Waals surface area contributed by atoms with E-state index in [1.165, 1.54) is 25.9 Å². The number of carboxylic acid groups (broad SMARTS) is 1. The number of nitrogens with zero attached hydrogens (tertiary/aromatic N) is 1. The third-order valence-electron chi connectivity index (χ3n) is 5.35. The van der Waals surface area contributed by atoms with Gasteiger partial charge in [-0.15, -0.1) is 0 Å². The Morgan fingerprint density at radius 2 is 1.61 bits per heavy atom. The predicted octanol–water partition coefficient (Wildman–Crippen LogP) is -0.835. The first-order chi connectivity index (χ1) is 15.4. The fraction of sp³-hybridized carbons (Fsp3) is 0.714. The highest BCUT2D eigenvalue weighted by Crippen LogP contribution is 2.19. The molecule has 4 amide bonds. The van der Waals surface area contributed by atoms with Gasteiger partial charge in [-0.2, -0.15) is 0 Å². The van der Waals surface area contributed by atoms with Gasteiger partial charge in [0.05, 0.1) is 13.5 Å². The number of aliphatic carboxylic acids is 1. The van der Waals surface area contributed by atoms with Crippen molar-refractivity contribution in [2.24, 2.45) is 5.92 Å². The van der Waals surface area contributed by atoms with Crippen molar-refractivity contribution in [1.29, 1.82) is 0 Å². The summed E-state index contributed by atoms with van der Waals surface area (Å²) in [5.74, 6) is -4.19. The number of esters is 1. The third-order valence-corrected chi connectivity index (χ3v) is 5.35. The lowest BCUT2D eigenvalue weighted by atomic mass is 10.0. The Kier molecular flexibility index (Phi) is 10.8. The summed E-state index contributed by atoms with van der Waals surface area (Å²) in [6, 6.07) is -3.82. The van der Waals surface area contributed by atoms with Crippen LogP contribution in [-0.2, 0) is 33.5 Å². The fourth-order valence-electron chi connectivity index (χ4n) is 3.41. The summed E-state index contributed by atoms with van der Waals surface area (Å²) >= 11 is 0. The average Bonchev–Trinajstić information content (AvgIpc) is 3.24. The molecule has 0 saturated carbocycles. The van der Waals surface area contributed by atoms with Gasteiger partial charge in [-0.25, -0.2) is 4.79 Å². The molecule has 1 rings (SSSR count). The molecule has 0 bridgehead atoms. The molecule has 0 aromatic rings. The first-order valence-corrected chi connectivity index (χ1v) is 10.9. The van der Waals surface area contributed by atoms with E-state index in [0.29, 0.717) is 19.4 Å². The molecule has 1 aliphatic heterocycles. The van der Waals surface area contributed by atoms with Gasteiger partial charge in [-0.3, -0.25) is 24.0 Å². The predicted molar refractivity (Wildman–Crippen MR) is 116 cm³/mol. The Morgan fingerprint density at radius 1 is 0.970 bits per heavy atom. The van der Waals surface area contributed by atoms with E-state index < -0.39 is 59.7 Å². The second-order valence-electron chi connectivity index (χ2n) is 8.35. The highest BCUT2D eigenvalue weighted by Gasteiger charge is 2.38. The van der Waals surface area contributed by atoms with Crippen molar-refractivity contribution >= 4 is 35.6 Å². The summed E-state index contributed by atoms with van der Waals surface area (Å²) in [5, 5.41) is 16.7. The minimum Gasteiger partial charge on any atom is -0.480 e. The lowest BCUT2D eigenvalue weighted by Gasteiger charge is -2.29. The summed E-state index contributed by atoms with van der Waals surface area (Å²) in [7, 11) is 1.21. The Hall–Kier alpha value is -3.18. The molecule has 12 nitrogen and oxygen atoms in total. The van der Waals surface area contributed by atoms with E-state index in [1.54, 1.807) is 13.8 Å². The van der Waals surface area contributed by atoms with Crippen LogP contribution in [0.4, 0.5) is 0 Å². The number of nitrogens with one attached hydrogen (secondary N) is 3. The molecule has 0 unspecified atom stereocenters. The second kappa shape index (κ2) is 12.8. The molecule has 186 valence electrons. The second-order valence-corrected chi connectivity index (χ2v) is 8.35. The number of hydrogen-bond donors (Lipinski definition) is 4. The number of carbonyl (C=O) groups is 6. The van der Waals surface area contributed by atoms with Crippen LogP contribution >= 0.6 is 0 Å². The van der Waals surface area contributed by atoms with Crippen LogP contribution in [0.3, 0.4) is 0 Å². The van der Waals surface area contributed by atoms with E-state index in [2.05, 4.69) is 20.7 Å². The quantitative estimate of drug-likeness (QED) is 0.283. The maximum Gasteiger partial charge on any atom is 0.326 e. The summed E-state index contributed by atoms with van der Waals surface area (Å²) in [4.78, 5) is 73.6. The number of ether oxygens (including phenoxy) is 1. The fourth-order valence-corrected chi connectivity index (χ4v) is 3.41. The van der Waals surface area contributed by atoms with E-state index >= 15 is 0 Å². The maximum atomic E-state index is 12.9. The summed E-state index contributed by atoms with van der Waals surface area (Å²) in [6.07, 6.45) is 0.687. The van der Waals surface area contributed by atoms with Crippen molar-refractivity contribution in [3.05, 3.63) is 0 Å². The molecule has 4 N–H and O–H groups in total. The molecule has 0 spiro atoms. The van der Waals surface area contributed by atoms with Gasteiger partial charge in [-0.1, -0.05) is 13.8 Å². The number of likely N-dealkylation sites (tertiary alicyclic amines) is 1. The van der Waals surface area contributed by atoms with E-state index in [-0.39, 0.29) is 18.8 Å². The summed E-state index contributed by atoms with van der Waals surface area (Å²) < 4.78 is 4.45. The largest absolute Gasteiger partial charge is 0.480 e. The van der Waals surface area contributed by atoms with Crippen molar-refractivity contribution in [2.75, 3.05) is 13.7 Å². The zero-order chi connectivity index (χ0) is 25.3. The molecule has 12 heteroatoms. The van der Waals surface area contributed by atoms with Crippen molar-refractivity contribution in [3.8, 4) is 0 Å². The lowest BCUT2D eigenvalue weighted by Crippen LogP contribution is -2.56. The summed E-state index contributed by atoms with van der Waals surface area (Å²) in [5.41, 5.74) is 0. The molecule has 33 heavy (non-hydrogen) atoms. The van der Waals surface area contributed by atoms with Crippen LogP contribution in [0.15, 0.2) is 0 Å². The van der Waals surface area contributed by atoms with Gasteiger partial charge in [0.25, 0.3) is 0 Å². The molecule has 4 atom stereocenters. The zero-order valence-electron chi connectivity index (χ0n) is 19.7. The molecule has 0 radical (unpaired) electrons. The Balaban J connectivity index is 2.66. The Bertz CT molecular complexity index is 769. The number of rotatable bonds is 11. The summed E-state index contributed by atoms with van der Waals surface area (Å²) in [6.45, 7) is 6.55. The van der Waals surface area contributed by atoms with Crippen LogP contribution in [0.25, 0.3) is 0 Å². The SMILES string of the molecule is COC(=O)CCC(=O)N[C@@H](C)C(=O)N[C@@H](C)C(=O)N1CCC[C@H]1C(=O)N[C@H](C(=O)O)C(C)C. The molecule has 1 fully saturated rings. The number of hydrogen-bond acceptors (Lipinski definition) is 7.